The van der Waals surface area contributed by atoms with Crippen LogP contribution in [0.1, 0.15) is 17.9 Å². The number of aromatic nitrogens is 3. The molecule has 0 radical (unpaired) electrons. The number of aryl methyl sites for hydroxylation is 2. The van der Waals surface area contributed by atoms with Gasteiger partial charge in [0.2, 0.25) is 11.8 Å². The summed E-state index contributed by atoms with van der Waals surface area (Å²) in [6, 6.07) is 5.65. The molecule has 24 heavy (non-hydrogen) atoms. The van der Waals surface area contributed by atoms with E-state index < -0.39 is 0 Å². The number of amides is 1. The summed E-state index contributed by atoms with van der Waals surface area (Å²) in [5.74, 6) is 1.86. The van der Waals surface area contributed by atoms with E-state index in [1.165, 1.54) is 11.8 Å². The maximum Gasteiger partial charge on any atom is 0.233 e. The van der Waals surface area contributed by atoms with Crippen molar-refractivity contribution in [2.45, 2.75) is 31.3 Å². The third kappa shape index (κ3) is 4.44. The van der Waals surface area contributed by atoms with E-state index in [4.69, 9.17) is 4.74 Å². The molecule has 0 N–H and O–H groups in total. The van der Waals surface area contributed by atoms with Crippen LogP contribution in [-0.2, 0) is 4.79 Å². The molecule has 0 bridgehead atoms. The van der Waals surface area contributed by atoms with E-state index in [0.29, 0.717) is 24.0 Å². The summed E-state index contributed by atoms with van der Waals surface area (Å²) >= 11 is 1.53. The van der Waals surface area contributed by atoms with E-state index in [2.05, 4.69) is 15.0 Å². The number of hydrogen-bond donors (Lipinski definition) is 0. The van der Waals surface area contributed by atoms with Gasteiger partial charge in [-0.05, 0) is 26.0 Å². The molecule has 0 aliphatic carbocycles. The molecule has 3 rings (SSSR count). The molecule has 1 aliphatic rings. The molecule has 2 aromatic rings. The summed E-state index contributed by atoms with van der Waals surface area (Å²) in [6.07, 6.45) is 4.29. The van der Waals surface area contributed by atoms with E-state index >= 15 is 0 Å². The van der Waals surface area contributed by atoms with Crippen molar-refractivity contribution in [1.82, 2.24) is 19.9 Å². The molecule has 0 aromatic carbocycles. The molecule has 1 aliphatic heterocycles. The molecule has 7 heteroatoms. The van der Waals surface area contributed by atoms with Crippen LogP contribution in [0.5, 0.6) is 5.88 Å². The van der Waals surface area contributed by atoms with Gasteiger partial charge in [-0.25, -0.2) is 4.98 Å². The van der Waals surface area contributed by atoms with Crippen LogP contribution in [0.15, 0.2) is 35.5 Å². The number of carbonyl (C=O) groups is 1. The highest BCUT2D eigenvalue weighted by Gasteiger charge is 2.27. The third-order valence-corrected chi connectivity index (χ3v) is 4.74. The van der Waals surface area contributed by atoms with Gasteiger partial charge in [-0.15, -0.1) is 11.8 Å². The topological polar surface area (TPSA) is 68.2 Å². The highest BCUT2D eigenvalue weighted by Crippen LogP contribution is 2.21. The van der Waals surface area contributed by atoms with Crippen molar-refractivity contribution in [3.8, 4) is 5.88 Å². The standard InChI is InChI=1S/C17H20N4O2S/c1-12-9-16(20-13(2)19-12)23-14-5-8-21(10-14)17(22)11-24-15-3-6-18-7-4-15/h3-4,6-7,9,14H,5,8,10-11H2,1-2H3. The van der Waals surface area contributed by atoms with Gasteiger partial charge >= 0.3 is 0 Å². The maximum atomic E-state index is 12.3. The summed E-state index contributed by atoms with van der Waals surface area (Å²) in [5.41, 5.74) is 0.886. The molecular weight excluding hydrogens is 324 g/mol. The van der Waals surface area contributed by atoms with Gasteiger partial charge in [0.1, 0.15) is 11.9 Å². The van der Waals surface area contributed by atoms with Crippen LogP contribution in [-0.4, -0.2) is 50.7 Å². The smallest absolute Gasteiger partial charge is 0.233 e. The Balaban J connectivity index is 1.50. The summed E-state index contributed by atoms with van der Waals surface area (Å²) in [4.78, 5) is 27.8. The van der Waals surface area contributed by atoms with Gasteiger partial charge in [-0.2, -0.15) is 4.98 Å². The Hall–Kier alpha value is -2.15. The number of rotatable bonds is 5. The van der Waals surface area contributed by atoms with Crippen molar-refractivity contribution in [3.63, 3.8) is 0 Å². The first-order valence-electron chi connectivity index (χ1n) is 7.90. The fraction of sp³-hybridized carbons (Fsp3) is 0.412. The lowest BCUT2D eigenvalue weighted by Gasteiger charge is -2.17. The predicted octanol–water partition coefficient (Wildman–Crippen LogP) is 2.26. The minimum absolute atomic E-state index is 0.00595. The highest BCUT2D eigenvalue weighted by atomic mass is 32.2. The first-order chi connectivity index (χ1) is 11.6. The Morgan fingerprint density at radius 2 is 2.12 bits per heavy atom. The van der Waals surface area contributed by atoms with Crippen LogP contribution in [0.2, 0.25) is 0 Å². The number of thioether (sulfide) groups is 1. The second-order valence-electron chi connectivity index (χ2n) is 5.73. The Morgan fingerprint density at radius 1 is 1.33 bits per heavy atom. The number of nitrogens with zero attached hydrogens (tertiary/aromatic N) is 4. The second kappa shape index (κ2) is 7.61. The highest BCUT2D eigenvalue weighted by molar-refractivity contribution is 8.00. The van der Waals surface area contributed by atoms with Crippen LogP contribution in [0.3, 0.4) is 0 Å². The number of hydrogen-bond acceptors (Lipinski definition) is 6. The summed E-state index contributed by atoms with van der Waals surface area (Å²) in [5, 5.41) is 0. The zero-order valence-electron chi connectivity index (χ0n) is 13.8. The molecule has 1 amide bonds. The SMILES string of the molecule is Cc1cc(OC2CCN(C(=O)CSc3ccncc3)C2)nc(C)n1. The molecular formula is C17H20N4O2S. The fourth-order valence-electron chi connectivity index (χ4n) is 2.64. The Morgan fingerprint density at radius 3 is 2.88 bits per heavy atom. The minimum Gasteiger partial charge on any atom is -0.472 e. The Labute approximate surface area is 145 Å². The van der Waals surface area contributed by atoms with E-state index in [1.54, 1.807) is 12.4 Å². The van der Waals surface area contributed by atoms with Gasteiger partial charge in [-0.3, -0.25) is 9.78 Å². The largest absolute Gasteiger partial charge is 0.472 e. The normalized spacial score (nSPS) is 17.1. The average Bonchev–Trinajstić information content (AvgIpc) is 3.01. The van der Waals surface area contributed by atoms with E-state index in [1.807, 2.05) is 36.9 Å². The lowest BCUT2D eigenvalue weighted by Crippen LogP contribution is -2.32. The lowest BCUT2D eigenvalue weighted by molar-refractivity contribution is -0.127. The van der Waals surface area contributed by atoms with Crippen molar-refractivity contribution >= 4 is 17.7 Å². The zero-order valence-corrected chi connectivity index (χ0v) is 14.6. The monoisotopic (exact) mass is 344 g/mol. The van der Waals surface area contributed by atoms with Gasteiger partial charge < -0.3 is 9.64 Å². The van der Waals surface area contributed by atoms with Gasteiger partial charge in [-0.1, -0.05) is 0 Å². The fourth-order valence-corrected chi connectivity index (χ4v) is 3.42. The van der Waals surface area contributed by atoms with Gasteiger partial charge in [0, 0.05) is 42.0 Å². The minimum atomic E-state index is -0.00595. The van der Waals surface area contributed by atoms with Crippen LogP contribution >= 0.6 is 11.8 Å². The molecule has 6 nitrogen and oxygen atoms in total. The Bertz CT molecular complexity index is 691. The average molecular weight is 344 g/mol. The zero-order chi connectivity index (χ0) is 16.9. The van der Waals surface area contributed by atoms with E-state index in [-0.39, 0.29) is 12.0 Å². The first kappa shape index (κ1) is 16.7. The van der Waals surface area contributed by atoms with Crippen molar-refractivity contribution in [2.24, 2.45) is 0 Å². The number of carbonyl (C=O) groups excluding carboxylic acids is 1. The molecule has 126 valence electrons. The van der Waals surface area contributed by atoms with Crippen LogP contribution in [0.4, 0.5) is 0 Å². The van der Waals surface area contributed by atoms with Crippen LogP contribution in [0.25, 0.3) is 0 Å². The second-order valence-corrected chi connectivity index (χ2v) is 6.78. The van der Waals surface area contributed by atoms with Crippen LogP contribution < -0.4 is 4.74 Å². The maximum absolute atomic E-state index is 12.3. The van der Waals surface area contributed by atoms with Gasteiger partial charge in [0.05, 0.1) is 12.3 Å². The van der Waals surface area contributed by atoms with E-state index in [9.17, 15) is 4.79 Å². The molecule has 1 fully saturated rings. The number of pyridine rings is 1. The third-order valence-electron chi connectivity index (χ3n) is 3.74. The summed E-state index contributed by atoms with van der Waals surface area (Å²) in [7, 11) is 0. The summed E-state index contributed by atoms with van der Waals surface area (Å²) in [6.45, 7) is 5.10. The van der Waals surface area contributed by atoms with Crippen molar-refractivity contribution in [1.29, 1.82) is 0 Å². The molecule has 0 saturated carbocycles. The first-order valence-corrected chi connectivity index (χ1v) is 8.88. The molecule has 3 heterocycles. The quantitative estimate of drug-likeness (QED) is 0.775. The number of likely N-dealkylation sites (tertiary alicyclic amines) is 1. The van der Waals surface area contributed by atoms with Gasteiger partial charge in [0.15, 0.2) is 0 Å². The van der Waals surface area contributed by atoms with Crippen molar-refractivity contribution < 1.29 is 9.53 Å². The van der Waals surface area contributed by atoms with Crippen molar-refractivity contribution in [2.75, 3.05) is 18.8 Å². The lowest BCUT2D eigenvalue weighted by atomic mass is 10.3. The molecule has 1 atom stereocenters. The molecule has 1 unspecified atom stereocenters. The van der Waals surface area contributed by atoms with Gasteiger partial charge in [0.25, 0.3) is 0 Å². The Kier molecular flexibility index (Phi) is 5.30. The summed E-state index contributed by atoms with van der Waals surface area (Å²) < 4.78 is 5.92. The molecule has 0 spiro atoms. The van der Waals surface area contributed by atoms with Crippen LogP contribution in [0, 0.1) is 13.8 Å². The predicted molar refractivity (Wildman–Crippen MR) is 92.1 cm³/mol. The van der Waals surface area contributed by atoms with E-state index in [0.717, 1.165) is 23.6 Å². The molecule has 1 saturated heterocycles. The van der Waals surface area contributed by atoms with Crippen molar-refractivity contribution in [3.05, 3.63) is 42.1 Å². The number of ether oxygens (including phenoxy) is 1. The molecule has 2 aromatic heterocycles.